The molecular formula is C26H26FNO5P+. The molecule has 0 spiro atoms. The average Bonchev–Trinajstić information content (AvgIpc) is 2.80. The second-order valence-electron chi connectivity index (χ2n) is 8.17. The maximum absolute atomic E-state index is 13.6. The Kier molecular flexibility index (Phi) is 7.72. The molecular weight excluding hydrogens is 456 g/mol. The number of carbonyl (C=O) groups excluding carboxylic acids is 1. The molecule has 0 bridgehead atoms. The van der Waals surface area contributed by atoms with Crippen molar-refractivity contribution in [2.24, 2.45) is 0 Å². The van der Waals surface area contributed by atoms with Crippen molar-refractivity contribution in [1.29, 1.82) is 0 Å². The first kappa shape index (κ1) is 25.4. The van der Waals surface area contributed by atoms with Gasteiger partial charge in [0.05, 0.1) is 5.69 Å². The molecule has 176 valence electrons. The standard InChI is InChI=1S/C26H25FNO5P/c1-5-26(17(4)29,34(31)32)25(30)33-24-21(16(2)3)15-22(18-9-7-6-8-10-18)28-23(24)19-11-13-20(27)14-12-19/h5-17,29H,1H2,2-4H3/p+1. The minimum Gasteiger partial charge on any atom is -0.420 e. The van der Waals surface area contributed by atoms with Gasteiger partial charge in [0, 0.05) is 16.7 Å². The molecule has 0 fully saturated rings. The fraction of sp³-hybridized carbons (Fsp3) is 0.231. The highest BCUT2D eigenvalue weighted by Gasteiger charge is 2.60. The quantitative estimate of drug-likeness (QED) is 0.246. The number of aliphatic hydroxyl groups excluding tert-OH is 1. The van der Waals surface area contributed by atoms with Gasteiger partial charge in [0.2, 0.25) is 0 Å². The number of halogens is 1. The topological polar surface area (TPSA) is 96.7 Å². The minimum absolute atomic E-state index is 0.0648. The van der Waals surface area contributed by atoms with Crippen LogP contribution in [0.25, 0.3) is 22.5 Å². The molecule has 0 saturated heterocycles. The summed E-state index contributed by atoms with van der Waals surface area (Å²) in [5.74, 6) is -1.65. The highest BCUT2D eigenvalue weighted by molar-refractivity contribution is 7.42. The van der Waals surface area contributed by atoms with Gasteiger partial charge in [0.1, 0.15) is 17.6 Å². The summed E-state index contributed by atoms with van der Waals surface area (Å²) in [6.45, 7) is 8.50. The van der Waals surface area contributed by atoms with Crippen LogP contribution in [0.1, 0.15) is 32.3 Å². The van der Waals surface area contributed by atoms with E-state index in [9.17, 15) is 23.7 Å². The molecule has 0 aliphatic rings. The van der Waals surface area contributed by atoms with E-state index in [4.69, 9.17) is 9.72 Å². The number of pyridine rings is 1. The molecule has 3 rings (SSSR count). The number of carbonyl (C=O) groups is 1. The first-order valence-electron chi connectivity index (χ1n) is 10.7. The van der Waals surface area contributed by atoms with Gasteiger partial charge < -0.3 is 9.84 Å². The van der Waals surface area contributed by atoms with Gasteiger partial charge in [-0.15, -0.1) is 0 Å². The van der Waals surface area contributed by atoms with E-state index in [1.807, 2.05) is 44.2 Å². The van der Waals surface area contributed by atoms with E-state index in [0.29, 0.717) is 16.8 Å². The van der Waals surface area contributed by atoms with Crippen LogP contribution in [-0.2, 0) is 9.36 Å². The lowest BCUT2D eigenvalue weighted by Gasteiger charge is -2.23. The summed E-state index contributed by atoms with van der Waals surface area (Å²) in [7, 11) is -3.22. The number of esters is 1. The van der Waals surface area contributed by atoms with E-state index in [1.165, 1.54) is 31.2 Å². The molecule has 2 aromatic carbocycles. The van der Waals surface area contributed by atoms with E-state index in [0.717, 1.165) is 11.6 Å². The maximum Gasteiger partial charge on any atom is 0.531 e. The van der Waals surface area contributed by atoms with Crippen molar-refractivity contribution in [2.75, 3.05) is 0 Å². The summed E-state index contributed by atoms with van der Waals surface area (Å²) < 4.78 is 31.5. The van der Waals surface area contributed by atoms with Crippen LogP contribution in [0.15, 0.2) is 73.3 Å². The Labute approximate surface area is 198 Å². The zero-order valence-electron chi connectivity index (χ0n) is 19.1. The van der Waals surface area contributed by atoms with Crippen LogP contribution in [0.4, 0.5) is 4.39 Å². The SMILES string of the molecule is C=CC(C(=O)Oc1c(C(C)C)cc(-c2ccccc2)nc1-c1ccc(F)cc1)(C(C)O)[P+](=O)O. The molecule has 0 saturated carbocycles. The van der Waals surface area contributed by atoms with Crippen LogP contribution in [0.2, 0.25) is 0 Å². The van der Waals surface area contributed by atoms with Crippen molar-refractivity contribution in [3.63, 3.8) is 0 Å². The number of rotatable bonds is 8. The molecule has 0 amide bonds. The van der Waals surface area contributed by atoms with Gasteiger partial charge in [0.25, 0.3) is 0 Å². The first-order valence-corrected chi connectivity index (χ1v) is 11.9. The van der Waals surface area contributed by atoms with Gasteiger partial charge in [0.15, 0.2) is 5.75 Å². The summed E-state index contributed by atoms with van der Waals surface area (Å²) in [6, 6.07) is 16.7. The van der Waals surface area contributed by atoms with Gasteiger partial charge in [-0.1, -0.05) is 50.8 Å². The Bertz CT molecular complexity index is 1210. The first-order chi connectivity index (χ1) is 16.1. The second kappa shape index (κ2) is 10.3. The molecule has 0 aliphatic heterocycles. The largest absolute Gasteiger partial charge is 0.531 e. The molecule has 6 nitrogen and oxygen atoms in total. The number of benzene rings is 2. The van der Waals surface area contributed by atoms with Gasteiger partial charge in [-0.3, -0.25) is 0 Å². The molecule has 3 unspecified atom stereocenters. The molecule has 1 heterocycles. The van der Waals surface area contributed by atoms with Gasteiger partial charge in [-0.05, 0) is 53.8 Å². The summed E-state index contributed by atoms with van der Waals surface area (Å²) in [5.41, 5.74) is 2.79. The van der Waals surface area contributed by atoms with Crippen molar-refractivity contribution in [3.8, 4) is 28.3 Å². The lowest BCUT2D eigenvalue weighted by atomic mass is 9.96. The third-order valence-electron chi connectivity index (χ3n) is 5.60. The zero-order valence-corrected chi connectivity index (χ0v) is 20.0. The predicted molar refractivity (Wildman–Crippen MR) is 129 cm³/mol. The highest BCUT2D eigenvalue weighted by atomic mass is 31.1. The molecule has 3 atom stereocenters. The number of nitrogens with zero attached hydrogens (tertiary/aromatic N) is 1. The van der Waals surface area contributed by atoms with Crippen molar-refractivity contribution < 1.29 is 28.5 Å². The predicted octanol–water partition coefficient (Wildman–Crippen LogP) is 5.62. The Hall–Kier alpha value is -3.25. The number of aromatic nitrogens is 1. The number of aliphatic hydroxyl groups is 1. The fourth-order valence-electron chi connectivity index (χ4n) is 3.56. The van der Waals surface area contributed by atoms with Crippen LogP contribution < -0.4 is 4.74 Å². The Morgan fingerprint density at radius 2 is 1.74 bits per heavy atom. The summed E-state index contributed by atoms with van der Waals surface area (Å²) >= 11 is 0. The summed E-state index contributed by atoms with van der Waals surface area (Å²) in [5, 5.41) is 7.96. The van der Waals surface area contributed by atoms with Gasteiger partial charge >= 0.3 is 19.2 Å². The lowest BCUT2D eigenvalue weighted by molar-refractivity contribution is -0.138. The monoisotopic (exact) mass is 482 g/mol. The van der Waals surface area contributed by atoms with Crippen molar-refractivity contribution >= 4 is 14.0 Å². The normalized spacial score (nSPS) is 14.3. The van der Waals surface area contributed by atoms with Crippen LogP contribution >= 0.6 is 8.03 Å². The van der Waals surface area contributed by atoms with E-state index < -0.39 is 31.1 Å². The van der Waals surface area contributed by atoms with E-state index in [1.54, 1.807) is 6.07 Å². The average molecular weight is 482 g/mol. The molecule has 0 aliphatic carbocycles. The number of hydrogen-bond donors (Lipinski definition) is 2. The van der Waals surface area contributed by atoms with Crippen LogP contribution in [0.3, 0.4) is 0 Å². The molecule has 34 heavy (non-hydrogen) atoms. The summed E-state index contributed by atoms with van der Waals surface area (Å²) in [6.07, 6.45) is -0.615. The third-order valence-corrected chi connectivity index (χ3v) is 6.97. The van der Waals surface area contributed by atoms with E-state index in [-0.39, 0.29) is 17.4 Å². The van der Waals surface area contributed by atoms with Crippen LogP contribution in [0, 0.1) is 5.82 Å². The van der Waals surface area contributed by atoms with Crippen molar-refractivity contribution in [2.45, 2.75) is 37.9 Å². The smallest absolute Gasteiger partial charge is 0.420 e. The van der Waals surface area contributed by atoms with E-state index in [2.05, 4.69) is 6.58 Å². The molecule has 2 N–H and O–H groups in total. The Morgan fingerprint density at radius 3 is 2.24 bits per heavy atom. The van der Waals surface area contributed by atoms with Crippen molar-refractivity contribution in [1.82, 2.24) is 4.98 Å². The molecule has 0 radical (unpaired) electrons. The Balaban J connectivity index is 2.28. The molecule has 1 aromatic heterocycles. The van der Waals surface area contributed by atoms with Crippen molar-refractivity contribution in [3.05, 3.63) is 84.7 Å². The minimum atomic E-state index is -3.22. The van der Waals surface area contributed by atoms with Crippen LogP contribution in [-0.4, -0.2) is 32.2 Å². The third kappa shape index (κ3) is 4.82. The van der Waals surface area contributed by atoms with Gasteiger partial charge in [-0.2, -0.15) is 4.89 Å². The summed E-state index contributed by atoms with van der Waals surface area (Å²) in [4.78, 5) is 27.8. The van der Waals surface area contributed by atoms with Gasteiger partial charge in [-0.25, -0.2) is 14.2 Å². The highest BCUT2D eigenvalue weighted by Crippen LogP contribution is 2.44. The number of hydrogen-bond acceptors (Lipinski definition) is 5. The Morgan fingerprint density at radius 1 is 1.12 bits per heavy atom. The molecule has 8 heteroatoms. The zero-order chi connectivity index (χ0) is 25.0. The molecule has 3 aromatic rings. The van der Waals surface area contributed by atoms with E-state index >= 15 is 0 Å². The maximum atomic E-state index is 13.6. The lowest BCUT2D eigenvalue weighted by Crippen LogP contribution is -2.46. The number of ether oxygens (including phenoxy) is 1. The fourth-order valence-corrected chi connectivity index (χ4v) is 4.24. The van der Waals surface area contributed by atoms with Crippen LogP contribution in [0.5, 0.6) is 5.75 Å². The second-order valence-corrected chi connectivity index (χ2v) is 9.46.